The molecule has 0 spiro atoms. The molecular weight excluding hydrogens is 508 g/mol. The molecule has 1 aliphatic rings. The molecule has 0 aromatic heterocycles. The van der Waals surface area contributed by atoms with Gasteiger partial charge in [-0.25, -0.2) is 0 Å². The summed E-state index contributed by atoms with van der Waals surface area (Å²) in [6.07, 6.45) is 1.41. The number of hydrogen-bond acceptors (Lipinski definition) is 5. The van der Waals surface area contributed by atoms with E-state index in [1.807, 2.05) is 84.9 Å². The van der Waals surface area contributed by atoms with Crippen LogP contribution in [0.15, 0.2) is 121 Å². The van der Waals surface area contributed by atoms with Gasteiger partial charge in [0.2, 0.25) is 0 Å². The van der Waals surface area contributed by atoms with Gasteiger partial charge < -0.3 is 9.47 Å². The van der Waals surface area contributed by atoms with Crippen molar-refractivity contribution in [1.29, 1.82) is 0 Å². The maximum atomic E-state index is 12.1. The zero-order valence-corrected chi connectivity index (χ0v) is 22.9. The summed E-state index contributed by atoms with van der Waals surface area (Å²) in [5.74, 6) is -0.0593. The van der Waals surface area contributed by atoms with Gasteiger partial charge in [-0.1, -0.05) is 121 Å². The maximum absolute atomic E-state index is 12.1. The smallest absolute Gasteiger partial charge is 0.264 e. The van der Waals surface area contributed by atoms with Crippen molar-refractivity contribution in [2.75, 3.05) is 12.9 Å². The van der Waals surface area contributed by atoms with E-state index in [0.717, 1.165) is 34.9 Å². The summed E-state index contributed by atoms with van der Waals surface area (Å²) >= 11 is 0. The van der Waals surface area contributed by atoms with E-state index in [0.29, 0.717) is 19.6 Å². The quantitative estimate of drug-likeness (QED) is 0.164. The van der Waals surface area contributed by atoms with Crippen LogP contribution in [-0.2, 0) is 36.0 Å². The van der Waals surface area contributed by atoms with Crippen LogP contribution in [0, 0.1) is 5.92 Å². The van der Waals surface area contributed by atoms with E-state index >= 15 is 0 Å². The second-order valence-corrected chi connectivity index (χ2v) is 11.6. The molecule has 39 heavy (non-hydrogen) atoms. The van der Waals surface area contributed by atoms with Gasteiger partial charge in [0.05, 0.1) is 25.6 Å². The van der Waals surface area contributed by atoms with E-state index in [2.05, 4.69) is 36.4 Å². The molecule has 0 heterocycles. The van der Waals surface area contributed by atoms with E-state index in [-0.39, 0.29) is 5.92 Å². The zero-order chi connectivity index (χ0) is 27.1. The lowest BCUT2D eigenvalue weighted by atomic mass is 9.80. The van der Waals surface area contributed by atoms with Gasteiger partial charge in [0.1, 0.15) is 11.7 Å². The van der Waals surface area contributed by atoms with Crippen LogP contribution in [0.2, 0.25) is 0 Å². The average Bonchev–Trinajstić information content (AvgIpc) is 3.34. The number of ether oxygens (including phenoxy) is 2. The van der Waals surface area contributed by atoms with Gasteiger partial charge in [0, 0.05) is 5.92 Å². The Morgan fingerprint density at radius 2 is 1.15 bits per heavy atom. The third kappa shape index (κ3) is 6.48. The van der Waals surface area contributed by atoms with E-state index in [4.69, 9.17) is 13.7 Å². The van der Waals surface area contributed by atoms with Crippen molar-refractivity contribution >= 4 is 10.1 Å². The molecule has 0 unspecified atom stereocenters. The molecule has 1 saturated carbocycles. The van der Waals surface area contributed by atoms with Crippen LogP contribution in [0.1, 0.15) is 35.1 Å². The fraction of sp³-hybridized carbons (Fsp3) is 0.273. The third-order valence-electron chi connectivity index (χ3n) is 7.29. The highest BCUT2D eigenvalue weighted by atomic mass is 32.2. The Labute approximate surface area is 231 Å². The van der Waals surface area contributed by atoms with Crippen LogP contribution in [0.25, 0.3) is 0 Å². The van der Waals surface area contributed by atoms with Crippen molar-refractivity contribution in [2.24, 2.45) is 5.92 Å². The van der Waals surface area contributed by atoms with Crippen LogP contribution in [0.3, 0.4) is 0 Å². The molecule has 6 heteroatoms. The molecule has 0 bridgehead atoms. The van der Waals surface area contributed by atoms with E-state index in [1.54, 1.807) is 0 Å². The normalized spacial score (nSPS) is 19.7. The molecule has 202 valence electrons. The van der Waals surface area contributed by atoms with Crippen LogP contribution in [-0.4, -0.2) is 33.5 Å². The van der Waals surface area contributed by atoms with E-state index in [9.17, 15) is 8.42 Å². The summed E-state index contributed by atoms with van der Waals surface area (Å²) in [5, 5.41) is 0. The van der Waals surface area contributed by atoms with Crippen LogP contribution in [0.4, 0.5) is 0 Å². The molecule has 0 N–H and O–H groups in total. The third-order valence-corrected chi connectivity index (χ3v) is 7.89. The summed E-state index contributed by atoms with van der Waals surface area (Å²) in [6, 6.07) is 40.6. The SMILES string of the molecule is CS(=O)(=O)O[C@H]1CC[C@H](COC(c2ccccc2)(c2ccccc2)c2ccccc2)[C@H]1OCc1ccccc1. The highest BCUT2D eigenvalue weighted by Crippen LogP contribution is 2.42. The largest absolute Gasteiger partial charge is 0.370 e. The molecule has 3 atom stereocenters. The second kappa shape index (κ2) is 12.3. The molecule has 0 aliphatic heterocycles. The molecule has 0 saturated heterocycles. The average molecular weight is 543 g/mol. The molecule has 4 aromatic carbocycles. The molecule has 1 aliphatic carbocycles. The second-order valence-electron chi connectivity index (χ2n) is 10.0. The van der Waals surface area contributed by atoms with Gasteiger partial charge in [-0.05, 0) is 35.1 Å². The Hall–Kier alpha value is -3.29. The first-order valence-corrected chi connectivity index (χ1v) is 15.1. The minimum Gasteiger partial charge on any atom is -0.370 e. The molecule has 0 radical (unpaired) electrons. The molecule has 4 aromatic rings. The molecule has 1 fully saturated rings. The van der Waals surface area contributed by atoms with E-state index in [1.165, 1.54) is 0 Å². The summed E-state index contributed by atoms with van der Waals surface area (Å²) in [6.45, 7) is 0.731. The van der Waals surface area contributed by atoms with Gasteiger partial charge in [0.15, 0.2) is 0 Å². The fourth-order valence-corrected chi connectivity index (χ4v) is 6.18. The van der Waals surface area contributed by atoms with Gasteiger partial charge >= 0.3 is 0 Å². The topological polar surface area (TPSA) is 61.8 Å². The van der Waals surface area contributed by atoms with Crippen molar-refractivity contribution in [3.63, 3.8) is 0 Å². The van der Waals surface area contributed by atoms with Gasteiger partial charge in [-0.15, -0.1) is 0 Å². The number of hydrogen-bond donors (Lipinski definition) is 0. The number of rotatable bonds is 11. The Morgan fingerprint density at radius 3 is 1.62 bits per heavy atom. The standard InChI is InChI=1S/C33H34O5S/c1-39(34,35)38-31-23-22-27(32(31)36-24-26-14-6-2-7-15-26)25-37-33(28-16-8-3-9-17-28,29-18-10-4-11-19-29)30-20-12-5-13-21-30/h2-21,27,31-32H,22-25H2,1H3/t27-,31+,32-/m1/s1. The lowest BCUT2D eigenvalue weighted by Crippen LogP contribution is -2.38. The minimum atomic E-state index is -3.64. The summed E-state index contributed by atoms with van der Waals surface area (Å²) in [5.41, 5.74) is 3.22. The van der Waals surface area contributed by atoms with Crippen molar-refractivity contribution in [3.8, 4) is 0 Å². The predicted octanol–water partition coefficient (Wildman–Crippen LogP) is 6.34. The van der Waals surface area contributed by atoms with E-state index < -0.39 is 27.9 Å². The van der Waals surface area contributed by atoms with Crippen LogP contribution >= 0.6 is 0 Å². The van der Waals surface area contributed by atoms with Gasteiger partial charge in [-0.2, -0.15) is 8.42 Å². The zero-order valence-electron chi connectivity index (χ0n) is 22.1. The van der Waals surface area contributed by atoms with Gasteiger partial charge in [0.25, 0.3) is 10.1 Å². The lowest BCUT2D eigenvalue weighted by Gasteiger charge is -2.37. The highest BCUT2D eigenvalue weighted by Gasteiger charge is 2.43. The first kappa shape index (κ1) is 27.3. The van der Waals surface area contributed by atoms with Crippen molar-refractivity contribution in [2.45, 2.75) is 37.3 Å². The fourth-order valence-electron chi connectivity index (χ4n) is 5.53. The predicted molar refractivity (Wildman–Crippen MR) is 153 cm³/mol. The molecular formula is C33H34O5S. The molecule has 5 rings (SSSR count). The van der Waals surface area contributed by atoms with Crippen molar-refractivity contribution in [3.05, 3.63) is 144 Å². The van der Waals surface area contributed by atoms with Crippen molar-refractivity contribution < 1.29 is 22.1 Å². The summed E-state index contributed by atoms with van der Waals surface area (Å²) in [7, 11) is -3.64. The first-order valence-electron chi connectivity index (χ1n) is 13.3. The van der Waals surface area contributed by atoms with Gasteiger partial charge in [-0.3, -0.25) is 4.18 Å². The summed E-state index contributed by atoms with van der Waals surface area (Å²) in [4.78, 5) is 0. The minimum absolute atomic E-state index is 0.0593. The van der Waals surface area contributed by atoms with Crippen LogP contribution in [0.5, 0.6) is 0 Å². The molecule has 0 amide bonds. The van der Waals surface area contributed by atoms with Crippen LogP contribution < -0.4 is 0 Å². The lowest BCUT2D eigenvalue weighted by molar-refractivity contribution is -0.0767. The number of benzene rings is 4. The molecule has 5 nitrogen and oxygen atoms in total. The first-order chi connectivity index (χ1) is 19.0. The Kier molecular flexibility index (Phi) is 8.58. The Bertz CT molecular complexity index is 1310. The Balaban J connectivity index is 1.48. The maximum Gasteiger partial charge on any atom is 0.264 e. The highest BCUT2D eigenvalue weighted by molar-refractivity contribution is 7.86. The monoisotopic (exact) mass is 542 g/mol. The Morgan fingerprint density at radius 1 is 0.692 bits per heavy atom. The summed E-state index contributed by atoms with van der Waals surface area (Å²) < 4.78 is 43.1. The van der Waals surface area contributed by atoms with Crippen molar-refractivity contribution in [1.82, 2.24) is 0 Å².